The van der Waals surface area contributed by atoms with Crippen molar-refractivity contribution in [2.45, 2.75) is 0 Å². The van der Waals surface area contributed by atoms with Crippen LogP contribution in [-0.4, -0.2) is 12.0 Å². The fourth-order valence-electron chi connectivity index (χ4n) is 0.930. The second-order valence-electron chi connectivity index (χ2n) is 2.26. The van der Waals surface area contributed by atoms with E-state index >= 15 is 0 Å². The number of rotatable bonds is 2. The summed E-state index contributed by atoms with van der Waals surface area (Å²) >= 11 is 1.78. The van der Waals surface area contributed by atoms with Gasteiger partial charge in [-0.1, -0.05) is 0 Å². The average molecular weight is 296 g/mol. The molecule has 1 N–H and O–H groups in total. The Labute approximate surface area is 87.4 Å². The van der Waals surface area contributed by atoms with Crippen LogP contribution >= 0.6 is 22.6 Å². The van der Waals surface area contributed by atoms with Crippen LogP contribution in [0.25, 0.3) is 0 Å². The smallest absolute Gasteiger partial charge is 0.295 e. The monoisotopic (exact) mass is 296 g/mol. The topological polar surface area (TPSA) is 55.2 Å². The van der Waals surface area contributed by atoms with E-state index < -0.39 is 10.7 Å². The van der Waals surface area contributed by atoms with Crippen LogP contribution in [0.5, 0.6) is 0 Å². The summed E-state index contributed by atoms with van der Waals surface area (Å²) in [4.78, 5) is 9.82. The minimum Gasteiger partial charge on any atom is -0.380 e. The van der Waals surface area contributed by atoms with E-state index in [-0.39, 0.29) is 11.4 Å². The Morgan fingerprint density at radius 3 is 2.69 bits per heavy atom. The number of nitro benzene ring substituents is 1. The Morgan fingerprint density at radius 1 is 1.62 bits per heavy atom. The first-order valence-corrected chi connectivity index (χ1v) is 4.46. The van der Waals surface area contributed by atoms with Gasteiger partial charge in [0, 0.05) is 13.1 Å². The van der Waals surface area contributed by atoms with Crippen LogP contribution in [0.4, 0.5) is 15.8 Å². The number of anilines is 1. The Kier molecular flexibility index (Phi) is 3.02. The minimum absolute atomic E-state index is 0.0723. The molecule has 0 aliphatic rings. The van der Waals surface area contributed by atoms with E-state index in [0.717, 1.165) is 0 Å². The number of halogens is 2. The van der Waals surface area contributed by atoms with Crippen LogP contribution in [0, 0.1) is 19.5 Å². The van der Waals surface area contributed by atoms with Crippen LogP contribution in [0.15, 0.2) is 12.1 Å². The van der Waals surface area contributed by atoms with Crippen molar-refractivity contribution in [3.05, 3.63) is 31.6 Å². The average Bonchev–Trinajstić information content (AvgIpc) is 2.09. The molecule has 70 valence electrons. The van der Waals surface area contributed by atoms with Gasteiger partial charge in [0.15, 0.2) is 11.5 Å². The molecule has 0 bridgehead atoms. The molecular formula is C7H6FIN2O2. The van der Waals surface area contributed by atoms with Crippen LogP contribution in [0.1, 0.15) is 0 Å². The highest BCUT2D eigenvalue weighted by Crippen LogP contribution is 2.29. The molecule has 4 nitrogen and oxygen atoms in total. The molecule has 6 heteroatoms. The Hall–Kier alpha value is -0.920. The largest absolute Gasteiger partial charge is 0.380 e. The van der Waals surface area contributed by atoms with Crippen LogP contribution in [0.3, 0.4) is 0 Å². The predicted molar refractivity (Wildman–Crippen MR) is 55.3 cm³/mol. The molecule has 0 radical (unpaired) electrons. The summed E-state index contributed by atoms with van der Waals surface area (Å²) in [5.41, 5.74) is -0.322. The fraction of sp³-hybridized carbons (Fsp3) is 0.143. The Bertz CT molecular complexity index is 357. The SMILES string of the molecule is CNc1c([N+](=O)[O-])ccc(I)c1F. The van der Waals surface area contributed by atoms with E-state index in [4.69, 9.17) is 0 Å². The molecule has 1 aromatic carbocycles. The van der Waals surface area contributed by atoms with E-state index in [1.54, 1.807) is 22.6 Å². The van der Waals surface area contributed by atoms with Crippen molar-refractivity contribution >= 4 is 34.0 Å². The molecule has 0 unspecified atom stereocenters. The zero-order chi connectivity index (χ0) is 10.0. The molecule has 1 aromatic rings. The van der Waals surface area contributed by atoms with E-state index in [1.165, 1.54) is 19.2 Å². The standard InChI is InChI=1S/C7H6FIN2O2/c1-10-7-5(11(12)13)3-2-4(9)6(7)8/h2-3,10H,1H3. The number of benzene rings is 1. The Morgan fingerprint density at radius 2 is 2.23 bits per heavy atom. The van der Waals surface area contributed by atoms with Gasteiger partial charge in [-0.2, -0.15) is 0 Å². The molecule has 0 saturated heterocycles. The maximum atomic E-state index is 13.2. The lowest BCUT2D eigenvalue weighted by atomic mass is 10.2. The normalized spacial score (nSPS) is 9.77. The van der Waals surface area contributed by atoms with Gasteiger partial charge in [-0.15, -0.1) is 0 Å². The van der Waals surface area contributed by atoms with Crippen molar-refractivity contribution in [3.63, 3.8) is 0 Å². The number of nitro groups is 1. The fourth-order valence-corrected chi connectivity index (χ4v) is 1.38. The number of hydrogen-bond donors (Lipinski definition) is 1. The van der Waals surface area contributed by atoms with Crippen molar-refractivity contribution in [2.24, 2.45) is 0 Å². The minimum atomic E-state index is -0.620. The molecule has 1 rings (SSSR count). The van der Waals surface area contributed by atoms with Gasteiger partial charge in [-0.05, 0) is 28.7 Å². The van der Waals surface area contributed by atoms with E-state index in [2.05, 4.69) is 5.32 Å². The van der Waals surface area contributed by atoms with Gasteiger partial charge in [0.1, 0.15) is 0 Å². The Balaban J connectivity index is 3.38. The van der Waals surface area contributed by atoms with Crippen molar-refractivity contribution < 1.29 is 9.31 Å². The molecular weight excluding hydrogens is 290 g/mol. The van der Waals surface area contributed by atoms with Crippen LogP contribution in [-0.2, 0) is 0 Å². The lowest BCUT2D eigenvalue weighted by molar-refractivity contribution is -0.384. The first-order chi connectivity index (χ1) is 6.07. The third-order valence-corrected chi connectivity index (χ3v) is 2.35. The molecule has 0 amide bonds. The zero-order valence-electron chi connectivity index (χ0n) is 6.67. The summed E-state index contributed by atoms with van der Waals surface area (Å²) < 4.78 is 13.6. The van der Waals surface area contributed by atoms with Gasteiger partial charge in [-0.25, -0.2) is 4.39 Å². The van der Waals surface area contributed by atoms with Crippen LogP contribution in [0.2, 0.25) is 0 Å². The second-order valence-corrected chi connectivity index (χ2v) is 3.42. The van der Waals surface area contributed by atoms with E-state index in [0.29, 0.717) is 3.57 Å². The second kappa shape index (κ2) is 3.86. The molecule has 0 atom stereocenters. The van der Waals surface area contributed by atoms with Gasteiger partial charge >= 0.3 is 0 Å². The summed E-state index contributed by atoms with van der Waals surface area (Å²) in [6, 6.07) is 2.64. The number of nitrogens with zero attached hydrogens (tertiary/aromatic N) is 1. The maximum Gasteiger partial charge on any atom is 0.295 e. The van der Waals surface area contributed by atoms with Gasteiger partial charge in [0.25, 0.3) is 5.69 Å². The number of nitrogens with one attached hydrogen (secondary N) is 1. The summed E-state index contributed by atoms with van der Waals surface area (Å²) in [5.74, 6) is -0.586. The van der Waals surface area contributed by atoms with Crippen molar-refractivity contribution in [1.29, 1.82) is 0 Å². The zero-order valence-corrected chi connectivity index (χ0v) is 8.83. The molecule has 0 aliphatic heterocycles. The molecule has 0 aromatic heterocycles. The van der Waals surface area contributed by atoms with Crippen molar-refractivity contribution in [3.8, 4) is 0 Å². The highest BCUT2D eigenvalue weighted by atomic mass is 127. The summed E-state index contributed by atoms with van der Waals surface area (Å²) in [6.07, 6.45) is 0. The third-order valence-electron chi connectivity index (χ3n) is 1.52. The lowest BCUT2D eigenvalue weighted by Gasteiger charge is -2.04. The molecule has 0 fully saturated rings. The molecule has 0 spiro atoms. The molecule has 0 heterocycles. The molecule has 0 aliphatic carbocycles. The van der Waals surface area contributed by atoms with Gasteiger partial charge in [0.2, 0.25) is 0 Å². The van der Waals surface area contributed by atoms with E-state index in [9.17, 15) is 14.5 Å². The van der Waals surface area contributed by atoms with Gasteiger partial charge < -0.3 is 5.32 Å². The molecule has 0 saturated carbocycles. The van der Waals surface area contributed by atoms with Gasteiger partial charge in [-0.3, -0.25) is 10.1 Å². The third kappa shape index (κ3) is 1.87. The maximum absolute atomic E-state index is 13.2. The van der Waals surface area contributed by atoms with Crippen LogP contribution < -0.4 is 5.32 Å². The highest BCUT2D eigenvalue weighted by molar-refractivity contribution is 14.1. The summed E-state index contributed by atoms with van der Waals surface area (Å²) in [5, 5.41) is 12.9. The first kappa shape index (κ1) is 10.2. The molecule has 13 heavy (non-hydrogen) atoms. The quantitative estimate of drug-likeness (QED) is 0.518. The van der Waals surface area contributed by atoms with Crippen molar-refractivity contribution in [2.75, 3.05) is 12.4 Å². The van der Waals surface area contributed by atoms with E-state index in [1.807, 2.05) is 0 Å². The predicted octanol–water partition coefficient (Wildman–Crippen LogP) is 2.38. The van der Waals surface area contributed by atoms with Gasteiger partial charge in [0.05, 0.1) is 8.49 Å². The highest BCUT2D eigenvalue weighted by Gasteiger charge is 2.18. The summed E-state index contributed by atoms with van der Waals surface area (Å²) in [7, 11) is 1.45. The number of hydrogen-bond acceptors (Lipinski definition) is 3. The van der Waals surface area contributed by atoms with Crippen molar-refractivity contribution in [1.82, 2.24) is 0 Å². The lowest BCUT2D eigenvalue weighted by Crippen LogP contribution is -2.00. The first-order valence-electron chi connectivity index (χ1n) is 3.38. The summed E-state index contributed by atoms with van der Waals surface area (Å²) in [6.45, 7) is 0.